The van der Waals surface area contributed by atoms with E-state index in [1.165, 1.54) is 68.2 Å². The maximum atomic E-state index is 14.0. The van der Waals surface area contributed by atoms with Crippen LogP contribution in [0.25, 0.3) is 0 Å². The van der Waals surface area contributed by atoms with Crippen molar-refractivity contribution in [2.24, 2.45) is 5.92 Å². The van der Waals surface area contributed by atoms with Gasteiger partial charge < -0.3 is 4.74 Å². The average molecular weight is 440 g/mol. The number of hydrogen-bond acceptors (Lipinski definition) is 2. The van der Waals surface area contributed by atoms with Crippen LogP contribution in [0.2, 0.25) is 0 Å². The summed E-state index contributed by atoms with van der Waals surface area (Å²) in [5, 5.41) is 8.78. The largest absolute Gasteiger partial charge is 0.490 e. The fourth-order valence-electron chi connectivity index (χ4n) is 4.67. The summed E-state index contributed by atoms with van der Waals surface area (Å²) in [7, 11) is 0. The van der Waals surface area contributed by atoms with Crippen molar-refractivity contribution in [3.05, 3.63) is 64.7 Å². The standard InChI is InChI=1S/C28H35F2NO/c1-2-3-4-5-6-7-8-21-9-13-23(14-10-21)24-15-11-22(12-16-24)20-32-26-18-17-25(19-31)27(29)28(26)30/h9-10,13-14,17-18,22,24H,2-8,11-12,15-16,20H2,1H3/t22-,24-. The summed E-state index contributed by atoms with van der Waals surface area (Å²) >= 11 is 0. The predicted octanol–water partition coefficient (Wildman–Crippen LogP) is 8.09. The molecular formula is C28H35F2NO. The Kier molecular flexibility index (Phi) is 9.53. The monoisotopic (exact) mass is 439 g/mol. The number of benzene rings is 2. The molecule has 0 aromatic heterocycles. The van der Waals surface area contributed by atoms with Crippen LogP contribution >= 0.6 is 0 Å². The summed E-state index contributed by atoms with van der Waals surface area (Å²) in [6.45, 7) is 2.63. The first-order chi connectivity index (χ1) is 15.6. The van der Waals surface area contributed by atoms with Gasteiger partial charge in [-0.15, -0.1) is 0 Å². The van der Waals surface area contributed by atoms with Crippen molar-refractivity contribution >= 4 is 0 Å². The molecule has 0 radical (unpaired) electrons. The van der Waals surface area contributed by atoms with Gasteiger partial charge in [-0.3, -0.25) is 0 Å². The highest BCUT2D eigenvalue weighted by Crippen LogP contribution is 2.36. The Balaban J connectivity index is 1.40. The van der Waals surface area contributed by atoms with Crippen LogP contribution in [-0.2, 0) is 6.42 Å². The molecule has 172 valence electrons. The average Bonchev–Trinajstić information content (AvgIpc) is 2.83. The van der Waals surface area contributed by atoms with Gasteiger partial charge in [-0.1, -0.05) is 63.3 Å². The quantitative estimate of drug-likeness (QED) is 0.331. The van der Waals surface area contributed by atoms with Gasteiger partial charge in [0.15, 0.2) is 11.6 Å². The Morgan fingerprint density at radius 1 is 0.875 bits per heavy atom. The molecule has 0 aliphatic heterocycles. The zero-order valence-corrected chi connectivity index (χ0v) is 19.2. The summed E-state index contributed by atoms with van der Waals surface area (Å²) < 4.78 is 33.3. The van der Waals surface area contributed by atoms with Gasteiger partial charge in [0.1, 0.15) is 6.07 Å². The van der Waals surface area contributed by atoms with Crippen molar-refractivity contribution in [3.63, 3.8) is 0 Å². The first-order valence-electron chi connectivity index (χ1n) is 12.2. The lowest BCUT2D eigenvalue weighted by Gasteiger charge is -2.29. The van der Waals surface area contributed by atoms with Crippen molar-refractivity contribution in [2.75, 3.05) is 6.61 Å². The van der Waals surface area contributed by atoms with Gasteiger partial charge >= 0.3 is 0 Å². The minimum absolute atomic E-state index is 0.107. The molecule has 0 bridgehead atoms. The summed E-state index contributed by atoms with van der Waals surface area (Å²) in [6.07, 6.45) is 13.4. The smallest absolute Gasteiger partial charge is 0.201 e. The minimum atomic E-state index is -1.13. The summed E-state index contributed by atoms with van der Waals surface area (Å²) in [4.78, 5) is 0. The van der Waals surface area contributed by atoms with Crippen LogP contribution in [0, 0.1) is 28.9 Å². The van der Waals surface area contributed by atoms with E-state index >= 15 is 0 Å². The highest BCUT2D eigenvalue weighted by Gasteiger charge is 2.23. The van der Waals surface area contributed by atoms with Gasteiger partial charge in [0.2, 0.25) is 5.82 Å². The maximum Gasteiger partial charge on any atom is 0.201 e. The second-order valence-corrected chi connectivity index (χ2v) is 9.14. The summed E-state index contributed by atoms with van der Waals surface area (Å²) in [5.74, 6) is -1.40. The number of halogens is 2. The molecule has 2 aromatic rings. The molecule has 2 aromatic carbocycles. The number of ether oxygens (including phenoxy) is 1. The molecule has 1 saturated carbocycles. The number of hydrogen-bond donors (Lipinski definition) is 0. The van der Waals surface area contributed by atoms with E-state index in [9.17, 15) is 8.78 Å². The predicted molar refractivity (Wildman–Crippen MR) is 125 cm³/mol. The Labute approximate surface area is 191 Å². The molecule has 1 aliphatic rings. The normalized spacial score (nSPS) is 18.3. The molecule has 0 heterocycles. The van der Waals surface area contributed by atoms with Crippen LogP contribution in [0.3, 0.4) is 0 Å². The van der Waals surface area contributed by atoms with Crippen molar-refractivity contribution in [1.82, 2.24) is 0 Å². The number of aryl methyl sites for hydroxylation is 1. The van der Waals surface area contributed by atoms with E-state index in [-0.39, 0.29) is 11.3 Å². The molecule has 0 spiro atoms. The lowest BCUT2D eigenvalue weighted by atomic mass is 9.79. The molecular weight excluding hydrogens is 404 g/mol. The van der Waals surface area contributed by atoms with Crippen LogP contribution in [-0.4, -0.2) is 6.61 Å². The van der Waals surface area contributed by atoms with Crippen molar-refractivity contribution in [2.45, 2.75) is 83.5 Å². The molecule has 0 unspecified atom stereocenters. The fourth-order valence-corrected chi connectivity index (χ4v) is 4.67. The topological polar surface area (TPSA) is 33.0 Å². The van der Waals surface area contributed by atoms with Gasteiger partial charge in [-0.05, 0) is 73.6 Å². The fraction of sp³-hybridized carbons (Fsp3) is 0.536. The third-order valence-corrected chi connectivity index (χ3v) is 6.76. The highest BCUT2D eigenvalue weighted by atomic mass is 19.2. The second kappa shape index (κ2) is 12.6. The lowest BCUT2D eigenvalue weighted by Crippen LogP contribution is -2.19. The van der Waals surface area contributed by atoms with Crippen LogP contribution in [0.4, 0.5) is 8.78 Å². The zero-order valence-electron chi connectivity index (χ0n) is 19.2. The molecule has 3 rings (SSSR count). The minimum Gasteiger partial charge on any atom is -0.490 e. The third kappa shape index (κ3) is 6.79. The molecule has 4 heteroatoms. The van der Waals surface area contributed by atoms with Crippen LogP contribution in [0.15, 0.2) is 36.4 Å². The van der Waals surface area contributed by atoms with Crippen LogP contribution < -0.4 is 4.74 Å². The molecule has 0 N–H and O–H groups in total. The molecule has 1 fully saturated rings. The van der Waals surface area contributed by atoms with E-state index in [2.05, 4.69) is 31.2 Å². The Morgan fingerprint density at radius 3 is 2.25 bits per heavy atom. The van der Waals surface area contributed by atoms with E-state index in [1.54, 1.807) is 6.07 Å². The third-order valence-electron chi connectivity index (χ3n) is 6.76. The first kappa shape index (κ1) is 24.2. The van der Waals surface area contributed by atoms with Gasteiger partial charge in [0.05, 0.1) is 12.2 Å². The number of nitrogens with zero attached hydrogens (tertiary/aromatic N) is 1. The van der Waals surface area contributed by atoms with Gasteiger partial charge in [0, 0.05) is 0 Å². The van der Waals surface area contributed by atoms with Gasteiger partial charge in [-0.2, -0.15) is 9.65 Å². The number of nitriles is 1. The molecule has 1 aliphatic carbocycles. The van der Waals surface area contributed by atoms with Gasteiger partial charge in [0.25, 0.3) is 0 Å². The number of rotatable bonds is 11. The lowest BCUT2D eigenvalue weighted by molar-refractivity contribution is 0.192. The van der Waals surface area contributed by atoms with Crippen molar-refractivity contribution in [3.8, 4) is 11.8 Å². The first-order valence-corrected chi connectivity index (χ1v) is 12.2. The zero-order chi connectivity index (χ0) is 22.8. The van der Waals surface area contributed by atoms with Crippen LogP contribution in [0.1, 0.15) is 93.7 Å². The van der Waals surface area contributed by atoms with E-state index < -0.39 is 11.6 Å². The highest BCUT2D eigenvalue weighted by molar-refractivity contribution is 5.37. The molecule has 0 saturated heterocycles. The summed E-state index contributed by atoms with van der Waals surface area (Å²) in [6, 6.07) is 13.4. The molecule has 0 amide bonds. The number of unbranched alkanes of at least 4 members (excludes halogenated alkanes) is 5. The maximum absolute atomic E-state index is 14.0. The van der Waals surface area contributed by atoms with E-state index in [4.69, 9.17) is 10.00 Å². The SMILES string of the molecule is CCCCCCCCc1ccc([C@H]2CC[C@H](COc3ccc(C#N)c(F)c3F)CC2)cc1. The molecule has 2 nitrogen and oxygen atoms in total. The molecule has 32 heavy (non-hydrogen) atoms. The van der Waals surface area contributed by atoms with E-state index in [0.29, 0.717) is 18.4 Å². The Hall–Kier alpha value is -2.41. The Morgan fingerprint density at radius 2 is 1.56 bits per heavy atom. The van der Waals surface area contributed by atoms with E-state index in [0.717, 1.165) is 25.7 Å². The van der Waals surface area contributed by atoms with Crippen LogP contribution in [0.5, 0.6) is 5.75 Å². The van der Waals surface area contributed by atoms with Gasteiger partial charge in [-0.25, -0.2) is 4.39 Å². The van der Waals surface area contributed by atoms with Crippen molar-refractivity contribution in [1.29, 1.82) is 5.26 Å². The second-order valence-electron chi connectivity index (χ2n) is 9.14. The summed E-state index contributed by atoms with van der Waals surface area (Å²) in [5.41, 5.74) is 2.55. The molecule has 0 atom stereocenters. The van der Waals surface area contributed by atoms with E-state index in [1.807, 2.05) is 0 Å². The Bertz CT molecular complexity index is 880. The van der Waals surface area contributed by atoms with Crippen molar-refractivity contribution < 1.29 is 13.5 Å².